The predicted molar refractivity (Wildman–Crippen MR) is 34.5 cm³/mol. The van der Waals surface area contributed by atoms with Gasteiger partial charge in [-0.25, -0.2) is 0 Å². The van der Waals surface area contributed by atoms with Crippen molar-refractivity contribution in [2.45, 2.75) is 6.42 Å². The van der Waals surface area contributed by atoms with Gasteiger partial charge in [-0.3, -0.25) is 0 Å². The van der Waals surface area contributed by atoms with E-state index in [9.17, 15) is 0 Å². The summed E-state index contributed by atoms with van der Waals surface area (Å²) in [5, 5.41) is 0. The van der Waals surface area contributed by atoms with Crippen LogP contribution in [0.1, 0.15) is 6.42 Å². The van der Waals surface area contributed by atoms with Gasteiger partial charge in [-0.15, -0.1) is 0 Å². The van der Waals surface area contributed by atoms with Gasteiger partial charge in [-0.05, 0) is 12.0 Å². The van der Waals surface area contributed by atoms with Gasteiger partial charge in [0.25, 0.3) is 0 Å². The standard InChI is InChI=1S/C8H8/c1-2-4-8-6-5-7(8)3-1/h1-5,8H,6H2. The van der Waals surface area contributed by atoms with Crippen LogP contribution in [0.15, 0.2) is 36.0 Å². The Balaban J connectivity index is 2.37. The van der Waals surface area contributed by atoms with Gasteiger partial charge in [0.2, 0.25) is 0 Å². The molecule has 0 aromatic carbocycles. The Morgan fingerprint density at radius 2 is 2.38 bits per heavy atom. The van der Waals surface area contributed by atoms with Gasteiger partial charge in [0, 0.05) is 5.92 Å². The predicted octanol–water partition coefficient (Wildman–Crippen LogP) is 2.06. The number of allylic oxidation sites excluding steroid dienone is 6. The molecule has 0 aromatic rings. The van der Waals surface area contributed by atoms with E-state index in [1.807, 2.05) is 0 Å². The molecule has 0 N–H and O–H groups in total. The van der Waals surface area contributed by atoms with Crippen LogP contribution in [-0.4, -0.2) is 0 Å². The Labute approximate surface area is 49.2 Å². The average Bonchev–Trinajstić information content (AvgIpc) is 1.72. The second kappa shape index (κ2) is 1.35. The van der Waals surface area contributed by atoms with Crippen molar-refractivity contribution in [2.75, 3.05) is 0 Å². The lowest BCUT2D eigenvalue weighted by molar-refractivity contribution is 0.711. The fourth-order valence-corrected chi connectivity index (χ4v) is 1.14. The van der Waals surface area contributed by atoms with Crippen LogP contribution in [-0.2, 0) is 0 Å². The summed E-state index contributed by atoms with van der Waals surface area (Å²) in [6.45, 7) is 0. The Bertz CT molecular complexity index is 182. The topological polar surface area (TPSA) is 0 Å². The summed E-state index contributed by atoms with van der Waals surface area (Å²) in [5.74, 6) is 0.778. The highest BCUT2D eigenvalue weighted by atomic mass is 14.2. The molecule has 0 amide bonds. The number of rotatable bonds is 0. The molecule has 2 aliphatic carbocycles. The van der Waals surface area contributed by atoms with E-state index in [4.69, 9.17) is 0 Å². The maximum atomic E-state index is 2.28. The molecule has 0 nitrogen and oxygen atoms in total. The third-order valence-electron chi connectivity index (χ3n) is 1.78. The molecule has 0 heteroatoms. The molecule has 0 heterocycles. The lowest BCUT2D eigenvalue weighted by Gasteiger charge is -2.23. The molecule has 0 saturated carbocycles. The smallest absolute Gasteiger partial charge is 0.00526 e. The summed E-state index contributed by atoms with van der Waals surface area (Å²) in [6.07, 6.45) is 12.2. The first-order valence-electron chi connectivity index (χ1n) is 3.02. The van der Waals surface area contributed by atoms with Crippen LogP contribution in [0.4, 0.5) is 0 Å². The highest BCUT2D eigenvalue weighted by molar-refractivity contribution is 5.38. The molecular weight excluding hydrogens is 96.1 g/mol. The van der Waals surface area contributed by atoms with Crippen LogP contribution in [0.5, 0.6) is 0 Å². The molecule has 1 unspecified atom stereocenters. The first kappa shape index (κ1) is 4.13. The van der Waals surface area contributed by atoms with E-state index in [0.717, 1.165) is 5.92 Å². The third-order valence-corrected chi connectivity index (χ3v) is 1.78. The first-order chi connectivity index (χ1) is 3.97. The fourth-order valence-electron chi connectivity index (χ4n) is 1.14. The molecule has 0 spiro atoms. The summed E-state index contributed by atoms with van der Waals surface area (Å²) in [6, 6.07) is 0. The highest BCUT2D eigenvalue weighted by Gasteiger charge is 2.16. The van der Waals surface area contributed by atoms with Crippen molar-refractivity contribution in [3.05, 3.63) is 36.0 Å². The first-order valence-corrected chi connectivity index (χ1v) is 3.02. The molecule has 0 fully saturated rings. The number of hydrogen-bond donors (Lipinski definition) is 0. The summed E-state index contributed by atoms with van der Waals surface area (Å²) in [5.41, 5.74) is 1.51. The maximum absolute atomic E-state index is 2.28. The van der Waals surface area contributed by atoms with Gasteiger partial charge in [0.15, 0.2) is 0 Å². The van der Waals surface area contributed by atoms with E-state index >= 15 is 0 Å². The van der Waals surface area contributed by atoms with Gasteiger partial charge in [0.1, 0.15) is 0 Å². The van der Waals surface area contributed by atoms with Crippen molar-refractivity contribution >= 4 is 0 Å². The lowest BCUT2D eigenvalue weighted by atomic mass is 9.82. The van der Waals surface area contributed by atoms with Crippen molar-refractivity contribution < 1.29 is 0 Å². The van der Waals surface area contributed by atoms with Gasteiger partial charge in [0.05, 0.1) is 0 Å². The normalized spacial score (nSPS) is 31.0. The van der Waals surface area contributed by atoms with E-state index < -0.39 is 0 Å². The average molecular weight is 104 g/mol. The zero-order valence-corrected chi connectivity index (χ0v) is 4.67. The van der Waals surface area contributed by atoms with E-state index in [2.05, 4.69) is 30.4 Å². The minimum Gasteiger partial charge on any atom is -0.0798 e. The van der Waals surface area contributed by atoms with Crippen LogP contribution in [0.2, 0.25) is 0 Å². The van der Waals surface area contributed by atoms with Gasteiger partial charge >= 0.3 is 0 Å². The van der Waals surface area contributed by atoms with Crippen LogP contribution < -0.4 is 0 Å². The van der Waals surface area contributed by atoms with Crippen molar-refractivity contribution in [2.24, 2.45) is 5.92 Å². The Morgan fingerprint density at radius 1 is 1.38 bits per heavy atom. The number of hydrogen-bond acceptors (Lipinski definition) is 0. The van der Waals surface area contributed by atoms with Crippen LogP contribution in [0.25, 0.3) is 0 Å². The van der Waals surface area contributed by atoms with E-state index in [0.29, 0.717) is 0 Å². The van der Waals surface area contributed by atoms with E-state index in [1.165, 1.54) is 12.0 Å². The molecule has 1 atom stereocenters. The minimum atomic E-state index is 0.778. The van der Waals surface area contributed by atoms with E-state index in [1.54, 1.807) is 0 Å². The van der Waals surface area contributed by atoms with Crippen molar-refractivity contribution in [1.29, 1.82) is 0 Å². The SMILES string of the molecule is C1=CC2=CCC2C=C1. The number of fused-ring (bicyclic) bond motifs is 1. The molecule has 0 aliphatic heterocycles. The third kappa shape index (κ3) is 0.401. The molecule has 2 aliphatic rings. The van der Waals surface area contributed by atoms with Crippen LogP contribution in [0, 0.1) is 5.92 Å². The molecule has 40 valence electrons. The lowest BCUT2D eigenvalue weighted by Crippen LogP contribution is -2.08. The van der Waals surface area contributed by atoms with Crippen molar-refractivity contribution in [3.63, 3.8) is 0 Å². The molecular formula is C8H8. The summed E-state index contributed by atoms with van der Waals surface area (Å²) in [7, 11) is 0. The minimum absolute atomic E-state index is 0.778. The molecule has 0 saturated heterocycles. The molecule has 2 rings (SSSR count). The Kier molecular flexibility index (Phi) is 0.696. The van der Waals surface area contributed by atoms with E-state index in [-0.39, 0.29) is 0 Å². The Hall–Kier alpha value is -0.780. The van der Waals surface area contributed by atoms with Gasteiger partial charge in [-0.2, -0.15) is 0 Å². The van der Waals surface area contributed by atoms with Crippen molar-refractivity contribution in [1.82, 2.24) is 0 Å². The second-order valence-electron chi connectivity index (χ2n) is 2.29. The van der Waals surface area contributed by atoms with Gasteiger partial charge in [-0.1, -0.05) is 30.4 Å². The van der Waals surface area contributed by atoms with Crippen LogP contribution in [0.3, 0.4) is 0 Å². The fraction of sp³-hybridized carbons (Fsp3) is 0.250. The summed E-state index contributed by atoms with van der Waals surface area (Å²) in [4.78, 5) is 0. The van der Waals surface area contributed by atoms with Gasteiger partial charge < -0.3 is 0 Å². The van der Waals surface area contributed by atoms with Crippen molar-refractivity contribution in [3.8, 4) is 0 Å². The van der Waals surface area contributed by atoms with Crippen LogP contribution >= 0.6 is 0 Å². The highest BCUT2D eigenvalue weighted by Crippen LogP contribution is 2.31. The quantitative estimate of drug-likeness (QED) is 0.441. The zero-order valence-electron chi connectivity index (χ0n) is 4.67. The molecule has 0 radical (unpaired) electrons. The molecule has 0 bridgehead atoms. The summed E-state index contributed by atoms with van der Waals surface area (Å²) < 4.78 is 0. The molecule has 8 heavy (non-hydrogen) atoms. The zero-order chi connectivity index (χ0) is 5.40. The summed E-state index contributed by atoms with van der Waals surface area (Å²) >= 11 is 0. The Morgan fingerprint density at radius 3 is 2.75 bits per heavy atom. The second-order valence-corrected chi connectivity index (χ2v) is 2.29. The monoisotopic (exact) mass is 104 g/mol. The largest absolute Gasteiger partial charge is 0.0798 e. The molecule has 0 aromatic heterocycles. The maximum Gasteiger partial charge on any atom is 0.00526 e.